The number of para-hydroxylation sites is 2. The molecule has 0 saturated carbocycles. The fourth-order valence-electron chi connectivity index (χ4n) is 3.31. The van der Waals surface area contributed by atoms with Crippen molar-refractivity contribution in [3.8, 4) is 0 Å². The normalized spacial score (nSPS) is 12.7. The maximum absolute atomic E-state index is 4.90. The molecule has 0 aliphatic rings. The van der Waals surface area contributed by atoms with Gasteiger partial charge in [0.1, 0.15) is 0 Å². The van der Waals surface area contributed by atoms with Gasteiger partial charge in [0.05, 0.1) is 16.7 Å². The second-order valence-electron chi connectivity index (χ2n) is 8.87. The molecule has 26 heavy (non-hydrogen) atoms. The molecule has 4 aromatic rings. The van der Waals surface area contributed by atoms with Crippen molar-refractivity contribution in [2.75, 3.05) is 0 Å². The Morgan fingerprint density at radius 1 is 0.923 bits per heavy atom. The van der Waals surface area contributed by atoms with Gasteiger partial charge in [0.15, 0.2) is 0 Å². The van der Waals surface area contributed by atoms with E-state index < -0.39 is 0 Å². The summed E-state index contributed by atoms with van der Waals surface area (Å²) in [6.07, 6.45) is 3.28. The van der Waals surface area contributed by atoms with Gasteiger partial charge < -0.3 is 9.38 Å². The van der Waals surface area contributed by atoms with E-state index in [0.29, 0.717) is 0 Å². The van der Waals surface area contributed by atoms with Crippen LogP contribution in [0.4, 0.5) is 0 Å². The maximum Gasteiger partial charge on any atom is 0.0774 e. The van der Waals surface area contributed by atoms with E-state index in [4.69, 9.17) is 4.98 Å². The van der Waals surface area contributed by atoms with Crippen LogP contribution in [0.25, 0.3) is 27.5 Å². The molecule has 3 heterocycles. The van der Waals surface area contributed by atoms with Crippen molar-refractivity contribution < 1.29 is 20.1 Å². The van der Waals surface area contributed by atoms with Gasteiger partial charge in [-0.25, -0.2) is 0 Å². The van der Waals surface area contributed by atoms with Gasteiger partial charge in [0, 0.05) is 31.2 Å². The Morgan fingerprint density at radius 2 is 1.62 bits per heavy atom. The minimum absolute atomic E-state index is 0. The standard InChI is InChI=1S/C22H24N3.Ir/c1-21(2,3)18-11-14-12-19(22(4,5)6)25-17-10-8-7-9-16(17)24-20(25)15(14)13-23-18;/h7-12H,1-6H3;/q-1;. The zero-order valence-electron chi connectivity index (χ0n) is 16.1. The SMILES string of the molecule is CC(C)(C)c1cc2cc(C(C)(C)C)n3c4ccccc4nc3c2[c-]n1.[Ir]. The second kappa shape index (κ2) is 6.14. The van der Waals surface area contributed by atoms with Crippen molar-refractivity contribution in [3.05, 3.63) is 54.0 Å². The first-order valence-corrected chi connectivity index (χ1v) is 8.80. The average molecular weight is 523 g/mol. The summed E-state index contributed by atoms with van der Waals surface area (Å²) in [7, 11) is 0. The summed E-state index contributed by atoms with van der Waals surface area (Å²) in [5.41, 5.74) is 5.39. The summed E-state index contributed by atoms with van der Waals surface area (Å²) in [4.78, 5) is 9.51. The van der Waals surface area contributed by atoms with E-state index in [-0.39, 0.29) is 30.9 Å². The smallest absolute Gasteiger partial charge is 0.0774 e. The Hall–Kier alpha value is -1.77. The molecule has 0 atom stereocenters. The van der Waals surface area contributed by atoms with Crippen LogP contribution in [0.3, 0.4) is 0 Å². The Bertz CT molecular complexity index is 1110. The molecule has 4 heteroatoms. The quantitative estimate of drug-likeness (QED) is 0.289. The van der Waals surface area contributed by atoms with Crippen LogP contribution < -0.4 is 0 Å². The molecular weight excluding hydrogens is 498 g/mol. The van der Waals surface area contributed by atoms with Crippen LogP contribution in [0.15, 0.2) is 36.4 Å². The fourth-order valence-corrected chi connectivity index (χ4v) is 3.31. The third-order valence-electron chi connectivity index (χ3n) is 4.72. The predicted molar refractivity (Wildman–Crippen MR) is 104 cm³/mol. The third kappa shape index (κ3) is 2.95. The van der Waals surface area contributed by atoms with E-state index in [2.05, 4.69) is 87.5 Å². The molecule has 4 rings (SSSR count). The summed E-state index contributed by atoms with van der Waals surface area (Å²) in [5.74, 6) is 0. The van der Waals surface area contributed by atoms with Crippen molar-refractivity contribution in [1.82, 2.24) is 14.4 Å². The minimum Gasteiger partial charge on any atom is -0.356 e. The Kier molecular flexibility index (Phi) is 4.49. The van der Waals surface area contributed by atoms with Crippen molar-refractivity contribution in [1.29, 1.82) is 0 Å². The number of imidazole rings is 1. The number of benzene rings is 1. The molecule has 0 unspecified atom stereocenters. The number of aromatic nitrogens is 3. The first kappa shape index (κ1) is 19.0. The third-order valence-corrected chi connectivity index (χ3v) is 4.72. The van der Waals surface area contributed by atoms with Crippen LogP contribution in [0.2, 0.25) is 0 Å². The molecular formula is C22H24IrN3-. The maximum atomic E-state index is 4.90. The van der Waals surface area contributed by atoms with Crippen LogP contribution >= 0.6 is 0 Å². The molecule has 0 aliphatic carbocycles. The largest absolute Gasteiger partial charge is 0.356 e. The van der Waals surface area contributed by atoms with Crippen LogP contribution in [-0.4, -0.2) is 14.4 Å². The molecule has 0 N–H and O–H groups in total. The number of hydrogen-bond acceptors (Lipinski definition) is 2. The fraction of sp³-hybridized carbons (Fsp3) is 0.364. The van der Waals surface area contributed by atoms with E-state index in [1.165, 1.54) is 5.69 Å². The van der Waals surface area contributed by atoms with Crippen molar-refractivity contribution in [3.63, 3.8) is 0 Å². The Morgan fingerprint density at radius 3 is 2.27 bits per heavy atom. The molecule has 3 nitrogen and oxygen atoms in total. The van der Waals surface area contributed by atoms with E-state index in [1.54, 1.807) is 0 Å². The van der Waals surface area contributed by atoms with Gasteiger partial charge in [0.25, 0.3) is 0 Å². The van der Waals surface area contributed by atoms with Crippen LogP contribution in [0.5, 0.6) is 0 Å². The molecule has 0 aliphatic heterocycles. The number of pyridine rings is 2. The molecule has 0 bridgehead atoms. The zero-order chi connectivity index (χ0) is 18.0. The first-order chi connectivity index (χ1) is 11.7. The van der Waals surface area contributed by atoms with E-state index in [1.807, 2.05) is 6.07 Å². The van der Waals surface area contributed by atoms with Gasteiger partial charge in [0.2, 0.25) is 0 Å². The van der Waals surface area contributed by atoms with E-state index in [0.717, 1.165) is 33.1 Å². The molecule has 1 aromatic carbocycles. The van der Waals surface area contributed by atoms with Gasteiger partial charge in [-0.1, -0.05) is 65.1 Å². The Balaban J connectivity index is 0.00000196. The van der Waals surface area contributed by atoms with Gasteiger partial charge in [-0.3, -0.25) is 4.98 Å². The van der Waals surface area contributed by atoms with Crippen LogP contribution in [0.1, 0.15) is 52.9 Å². The van der Waals surface area contributed by atoms with E-state index in [9.17, 15) is 0 Å². The molecule has 0 amide bonds. The van der Waals surface area contributed by atoms with Gasteiger partial charge >= 0.3 is 0 Å². The summed E-state index contributed by atoms with van der Waals surface area (Å²) in [6, 6.07) is 12.8. The number of nitrogens with zero attached hydrogens (tertiary/aromatic N) is 3. The predicted octanol–water partition coefficient (Wildman–Crippen LogP) is 5.43. The summed E-state index contributed by atoms with van der Waals surface area (Å²) in [6.45, 7) is 13.3. The second-order valence-corrected chi connectivity index (χ2v) is 8.87. The summed E-state index contributed by atoms with van der Waals surface area (Å²) < 4.78 is 2.27. The number of hydrogen-bond donors (Lipinski definition) is 0. The molecule has 1 radical (unpaired) electrons. The van der Waals surface area contributed by atoms with Crippen molar-refractivity contribution >= 4 is 27.5 Å². The molecule has 0 saturated heterocycles. The summed E-state index contributed by atoms with van der Waals surface area (Å²) in [5, 5.41) is 2.14. The zero-order valence-corrected chi connectivity index (χ0v) is 18.5. The van der Waals surface area contributed by atoms with Gasteiger partial charge in [-0.05, 0) is 29.4 Å². The number of rotatable bonds is 0. The van der Waals surface area contributed by atoms with Crippen LogP contribution in [0, 0.1) is 6.20 Å². The van der Waals surface area contributed by atoms with Crippen molar-refractivity contribution in [2.45, 2.75) is 52.4 Å². The molecule has 0 fully saturated rings. The molecule has 137 valence electrons. The molecule has 0 spiro atoms. The average Bonchev–Trinajstić information content (AvgIpc) is 2.91. The minimum atomic E-state index is -0.00114. The monoisotopic (exact) mass is 523 g/mol. The topological polar surface area (TPSA) is 30.2 Å². The number of fused-ring (bicyclic) bond motifs is 5. The van der Waals surface area contributed by atoms with Crippen LogP contribution in [-0.2, 0) is 30.9 Å². The summed E-state index contributed by atoms with van der Waals surface area (Å²) >= 11 is 0. The van der Waals surface area contributed by atoms with Gasteiger partial charge in [-0.2, -0.15) is 0 Å². The van der Waals surface area contributed by atoms with Crippen molar-refractivity contribution in [2.24, 2.45) is 0 Å². The van der Waals surface area contributed by atoms with Gasteiger partial charge in [-0.15, -0.1) is 11.5 Å². The Labute approximate surface area is 168 Å². The molecule has 3 aromatic heterocycles. The first-order valence-electron chi connectivity index (χ1n) is 8.80. The van der Waals surface area contributed by atoms with E-state index >= 15 is 0 Å².